The van der Waals surface area contributed by atoms with Gasteiger partial charge in [0.1, 0.15) is 0 Å². The van der Waals surface area contributed by atoms with E-state index in [0.29, 0.717) is 56.6 Å². The van der Waals surface area contributed by atoms with Crippen molar-refractivity contribution in [2.24, 2.45) is 5.16 Å². The molecule has 0 radical (unpaired) electrons. The first kappa shape index (κ1) is 38.4. The first-order valence-electron chi connectivity index (χ1n) is 15.2. The third-order valence-electron chi connectivity index (χ3n) is 8.23. The van der Waals surface area contributed by atoms with Crippen LogP contribution in [0, 0.1) is 0 Å². The summed E-state index contributed by atoms with van der Waals surface area (Å²) in [6.45, 7) is 0.0464. The van der Waals surface area contributed by atoms with Crippen LogP contribution in [0.2, 0.25) is 10.0 Å². The van der Waals surface area contributed by atoms with Crippen molar-refractivity contribution in [1.82, 2.24) is 4.90 Å². The van der Waals surface area contributed by atoms with E-state index in [4.69, 9.17) is 32.8 Å². The van der Waals surface area contributed by atoms with E-state index in [2.05, 4.69) is 14.8 Å². The minimum Gasteiger partial charge on any atom is -0.466 e. The van der Waals surface area contributed by atoms with Gasteiger partial charge in [-0.15, -0.1) is 0 Å². The van der Waals surface area contributed by atoms with Crippen molar-refractivity contribution in [2.45, 2.75) is 49.7 Å². The van der Waals surface area contributed by atoms with Crippen molar-refractivity contribution in [3.8, 4) is 0 Å². The molecule has 1 atom stereocenters. The molecule has 0 saturated carbocycles. The maximum absolute atomic E-state index is 13.4. The number of hydrogen-bond donors (Lipinski definition) is 1. The number of halogens is 8. The molecular formula is C34H34Cl2F6N2O5. The molecule has 15 heteroatoms. The summed E-state index contributed by atoms with van der Waals surface area (Å²) in [6, 6.07) is 15.5. The molecule has 3 aromatic rings. The number of piperidine rings is 1. The summed E-state index contributed by atoms with van der Waals surface area (Å²) >= 11 is 12.5. The lowest BCUT2D eigenvalue weighted by Crippen LogP contribution is -2.43. The molecule has 49 heavy (non-hydrogen) atoms. The Labute approximate surface area is 289 Å². The highest BCUT2D eigenvalue weighted by Gasteiger charge is 2.37. The van der Waals surface area contributed by atoms with Crippen LogP contribution in [-0.4, -0.2) is 61.6 Å². The Balaban J connectivity index is 1.57. The lowest BCUT2D eigenvalue weighted by atomic mass is 9.84. The van der Waals surface area contributed by atoms with Gasteiger partial charge in [0, 0.05) is 19.0 Å². The molecule has 0 bridgehead atoms. The summed E-state index contributed by atoms with van der Waals surface area (Å²) in [7, 11) is 1.15. The van der Waals surface area contributed by atoms with Gasteiger partial charge in [0.05, 0.1) is 52.8 Å². The summed E-state index contributed by atoms with van der Waals surface area (Å²) in [5, 5.41) is 15.9. The third-order valence-corrected chi connectivity index (χ3v) is 8.97. The maximum Gasteiger partial charge on any atom is 0.416 e. The normalized spacial score (nSPS) is 16.3. The molecule has 1 aliphatic heterocycles. The average Bonchev–Trinajstić information content (AvgIpc) is 3.06. The van der Waals surface area contributed by atoms with Crippen LogP contribution in [-0.2, 0) is 43.7 Å². The van der Waals surface area contributed by atoms with Crippen LogP contribution in [0.4, 0.5) is 26.3 Å². The number of nitrogens with zero attached hydrogens (tertiary/aromatic N) is 2. The van der Waals surface area contributed by atoms with Crippen LogP contribution in [0.15, 0.2) is 71.9 Å². The van der Waals surface area contributed by atoms with Crippen molar-refractivity contribution in [2.75, 3.05) is 40.0 Å². The number of hydrogen-bond acceptors (Lipinski definition) is 7. The standard InChI is InChI=1S/C34H34Cl2F6N2O5/c1-47-31(45)21-49-43-30(20-48-19-22-15-25(33(37,38)39)18-26(16-22)34(40,41)42)27(23-7-8-28(35)29(36)17-23)9-12-44-13-10-32(46,11-14-44)24-5-3-2-4-6-24/h2-8,15-18,27,46H,9-14,19-21H2,1H3. The van der Waals surface area contributed by atoms with E-state index in [1.807, 2.05) is 30.3 Å². The molecule has 266 valence electrons. The SMILES string of the molecule is COC(=O)CON=C(COCc1cc(C(F)(F)F)cc(C(F)(F)F)c1)C(CCN1CCC(O)(c2ccccc2)CC1)c1ccc(Cl)c(Cl)c1. The second-order valence-electron chi connectivity index (χ2n) is 11.6. The van der Waals surface area contributed by atoms with E-state index < -0.39 is 60.8 Å². The number of esters is 1. The van der Waals surface area contributed by atoms with Gasteiger partial charge in [-0.2, -0.15) is 26.3 Å². The number of likely N-dealkylation sites (tertiary alicyclic amines) is 1. The zero-order chi connectivity index (χ0) is 35.8. The fourth-order valence-corrected chi connectivity index (χ4v) is 5.85. The summed E-state index contributed by atoms with van der Waals surface area (Å²) in [6.07, 6.45) is -8.69. The summed E-state index contributed by atoms with van der Waals surface area (Å²) < 4.78 is 90.8. The van der Waals surface area contributed by atoms with E-state index in [-0.39, 0.29) is 27.4 Å². The molecule has 0 aromatic heterocycles. The zero-order valence-electron chi connectivity index (χ0n) is 26.3. The minimum atomic E-state index is -5.02. The van der Waals surface area contributed by atoms with Crippen molar-refractivity contribution in [1.29, 1.82) is 0 Å². The van der Waals surface area contributed by atoms with Crippen LogP contribution in [0.25, 0.3) is 0 Å². The topological polar surface area (TPSA) is 80.6 Å². The molecule has 4 rings (SSSR count). The van der Waals surface area contributed by atoms with Crippen LogP contribution >= 0.6 is 23.2 Å². The Kier molecular flexibility index (Phi) is 13.0. The van der Waals surface area contributed by atoms with Gasteiger partial charge in [-0.1, -0.05) is 64.8 Å². The molecular weight excluding hydrogens is 701 g/mol. The van der Waals surface area contributed by atoms with Crippen LogP contribution in [0.1, 0.15) is 53.0 Å². The second-order valence-corrected chi connectivity index (χ2v) is 12.4. The molecule has 1 heterocycles. The van der Waals surface area contributed by atoms with E-state index in [1.165, 1.54) is 0 Å². The van der Waals surface area contributed by atoms with E-state index >= 15 is 0 Å². The van der Waals surface area contributed by atoms with Gasteiger partial charge in [0.2, 0.25) is 6.61 Å². The maximum atomic E-state index is 13.4. The Hall–Kier alpha value is -3.36. The van der Waals surface area contributed by atoms with Crippen molar-refractivity contribution >= 4 is 34.9 Å². The monoisotopic (exact) mass is 734 g/mol. The molecule has 3 aromatic carbocycles. The Bertz CT molecular complexity index is 1560. The number of benzene rings is 3. The highest BCUT2D eigenvalue weighted by atomic mass is 35.5. The minimum absolute atomic E-state index is 0.0403. The number of oxime groups is 1. The molecule has 1 saturated heterocycles. The average molecular weight is 736 g/mol. The number of methoxy groups -OCH3 is 1. The highest BCUT2D eigenvalue weighted by molar-refractivity contribution is 6.42. The number of rotatable bonds is 13. The number of carbonyl (C=O) groups excluding carboxylic acids is 1. The lowest BCUT2D eigenvalue weighted by molar-refractivity contribution is -0.146. The Morgan fingerprint density at radius 1 is 0.918 bits per heavy atom. The second kappa shape index (κ2) is 16.6. The van der Waals surface area contributed by atoms with Gasteiger partial charge >= 0.3 is 18.3 Å². The van der Waals surface area contributed by atoms with Crippen LogP contribution in [0.3, 0.4) is 0 Å². The summed E-state index contributed by atoms with van der Waals surface area (Å²) in [5.74, 6) is -1.34. The van der Waals surface area contributed by atoms with Crippen molar-refractivity contribution in [3.05, 3.63) is 105 Å². The molecule has 0 spiro atoms. The van der Waals surface area contributed by atoms with Gasteiger partial charge in [-0.3, -0.25) is 0 Å². The van der Waals surface area contributed by atoms with Gasteiger partial charge in [-0.05, 0) is 72.8 Å². The van der Waals surface area contributed by atoms with E-state index in [1.54, 1.807) is 18.2 Å². The molecule has 0 amide bonds. The van der Waals surface area contributed by atoms with E-state index in [0.717, 1.165) is 12.7 Å². The molecule has 1 fully saturated rings. The Morgan fingerprint density at radius 2 is 1.55 bits per heavy atom. The molecule has 1 unspecified atom stereocenters. The molecule has 7 nitrogen and oxygen atoms in total. The highest BCUT2D eigenvalue weighted by Crippen LogP contribution is 2.37. The fraction of sp³-hybridized carbons (Fsp3) is 0.412. The van der Waals surface area contributed by atoms with Crippen molar-refractivity contribution < 1.29 is 50.6 Å². The van der Waals surface area contributed by atoms with Crippen LogP contribution < -0.4 is 0 Å². The molecule has 0 aliphatic carbocycles. The first-order valence-corrected chi connectivity index (χ1v) is 15.9. The largest absolute Gasteiger partial charge is 0.466 e. The van der Waals surface area contributed by atoms with Crippen molar-refractivity contribution in [3.63, 3.8) is 0 Å². The smallest absolute Gasteiger partial charge is 0.416 e. The predicted octanol–water partition coefficient (Wildman–Crippen LogP) is 8.25. The number of alkyl halides is 6. The summed E-state index contributed by atoms with van der Waals surface area (Å²) in [5.41, 5.74) is -2.63. The number of aliphatic hydroxyl groups is 1. The number of ether oxygens (including phenoxy) is 2. The zero-order valence-corrected chi connectivity index (χ0v) is 27.8. The van der Waals surface area contributed by atoms with E-state index in [9.17, 15) is 36.2 Å². The van der Waals surface area contributed by atoms with Gasteiger partial charge in [-0.25, -0.2) is 4.79 Å². The molecule has 1 N–H and O–H groups in total. The summed E-state index contributed by atoms with van der Waals surface area (Å²) in [4.78, 5) is 19.1. The third kappa shape index (κ3) is 10.8. The predicted molar refractivity (Wildman–Crippen MR) is 171 cm³/mol. The molecule has 1 aliphatic rings. The quantitative estimate of drug-likeness (QED) is 0.0825. The fourth-order valence-electron chi connectivity index (χ4n) is 5.54. The first-order chi connectivity index (χ1) is 23.1. The van der Waals surface area contributed by atoms with Gasteiger partial charge < -0.3 is 24.3 Å². The van der Waals surface area contributed by atoms with Gasteiger partial charge in [0.25, 0.3) is 0 Å². The van der Waals surface area contributed by atoms with Crippen LogP contribution in [0.5, 0.6) is 0 Å². The van der Waals surface area contributed by atoms with Gasteiger partial charge in [0.15, 0.2) is 0 Å². The Morgan fingerprint density at radius 3 is 2.12 bits per heavy atom. The lowest BCUT2D eigenvalue weighted by Gasteiger charge is -2.39. The number of carbonyl (C=O) groups is 1.